The van der Waals surface area contributed by atoms with Crippen LogP contribution in [-0.2, 0) is 9.59 Å². The fourth-order valence-corrected chi connectivity index (χ4v) is 1.64. The van der Waals surface area contributed by atoms with Crippen LogP contribution in [0.15, 0.2) is 0 Å². The van der Waals surface area contributed by atoms with E-state index in [9.17, 15) is 9.59 Å². The molecule has 0 bridgehead atoms. The first-order valence-electron chi connectivity index (χ1n) is 5.43. The standard InChI is InChI=1S/C10H18N2O3/c13-9(14)5-1-2-6-12-10(15)8-4-3-7-11-8/h8,11H,1-7H2,(H,12,15)(H,13,14)/t8-/m0/s1. The maximum atomic E-state index is 11.5. The van der Waals surface area contributed by atoms with E-state index in [1.807, 2.05) is 0 Å². The molecule has 86 valence electrons. The molecule has 1 atom stereocenters. The Kier molecular flexibility index (Phi) is 5.10. The number of carboxylic acids is 1. The number of unbranched alkanes of at least 4 members (excludes halogenated alkanes) is 1. The molecule has 0 spiro atoms. The highest BCUT2D eigenvalue weighted by atomic mass is 16.4. The van der Waals surface area contributed by atoms with Crippen LogP contribution in [0.3, 0.4) is 0 Å². The van der Waals surface area contributed by atoms with E-state index < -0.39 is 5.97 Å². The maximum absolute atomic E-state index is 11.5. The molecule has 5 nitrogen and oxygen atoms in total. The zero-order valence-electron chi connectivity index (χ0n) is 8.79. The largest absolute Gasteiger partial charge is 0.481 e. The van der Waals surface area contributed by atoms with Gasteiger partial charge in [0.1, 0.15) is 0 Å². The van der Waals surface area contributed by atoms with E-state index in [-0.39, 0.29) is 18.4 Å². The van der Waals surface area contributed by atoms with Crippen LogP contribution < -0.4 is 10.6 Å². The van der Waals surface area contributed by atoms with Crippen LogP contribution in [-0.4, -0.2) is 36.1 Å². The predicted octanol–water partition coefficient (Wildman–Crippen LogP) is 0.109. The first-order chi connectivity index (χ1) is 7.20. The first kappa shape index (κ1) is 12.0. The lowest BCUT2D eigenvalue weighted by atomic mass is 10.2. The van der Waals surface area contributed by atoms with Gasteiger partial charge < -0.3 is 15.7 Å². The highest BCUT2D eigenvalue weighted by Gasteiger charge is 2.20. The number of aliphatic carboxylic acids is 1. The Morgan fingerprint density at radius 1 is 1.40 bits per heavy atom. The first-order valence-corrected chi connectivity index (χ1v) is 5.43. The normalized spacial score (nSPS) is 20.1. The van der Waals surface area contributed by atoms with E-state index in [2.05, 4.69) is 10.6 Å². The minimum absolute atomic E-state index is 0.0375. The lowest BCUT2D eigenvalue weighted by Gasteiger charge is -2.10. The summed E-state index contributed by atoms with van der Waals surface area (Å²) in [4.78, 5) is 21.7. The van der Waals surface area contributed by atoms with Gasteiger partial charge in [-0.3, -0.25) is 9.59 Å². The van der Waals surface area contributed by atoms with Crippen LogP contribution in [0.2, 0.25) is 0 Å². The smallest absolute Gasteiger partial charge is 0.303 e. The minimum atomic E-state index is -0.779. The van der Waals surface area contributed by atoms with Crippen LogP contribution in [0.4, 0.5) is 0 Å². The van der Waals surface area contributed by atoms with Crippen LogP contribution in [0.1, 0.15) is 32.1 Å². The molecule has 5 heteroatoms. The molecule has 0 aliphatic carbocycles. The van der Waals surface area contributed by atoms with Gasteiger partial charge in [0.2, 0.25) is 5.91 Å². The van der Waals surface area contributed by atoms with E-state index in [1.54, 1.807) is 0 Å². The number of amides is 1. The van der Waals surface area contributed by atoms with Crippen molar-refractivity contribution in [1.29, 1.82) is 0 Å². The van der Waals surface area contributed by atoms with Crippen molar-refractivity contribution in [2.24, 2.45) is 0 Å². The summed E-state index contributed by atoms with van der Waals surface area (Å²) in [6.07, 6.45) is 3.48. The van der Waals surface area contributed by atoms with E-state index in [1.165, 1.54) is 0 Å². The summed E-state index contributed by atoms with van der Waals surface area (Å²) in [5.74, 6) is -0.735. The maximum Gasteiger partial charge on any atom is 0.303 e. The molecular weight excluding hydrogens is 196 g/mol. The molecule has 1 aliphatic heterocycles. The Labute approximate surface area is 89.2 Å². The molecular formula is C10H18N2O3. The zero-order valence-corrected chi connectivity index (χ0v) is 8.79. The number of hydrogen-bond donors (Lipinski definition) is 3. The van der Waals surface area contributed by atoms with Gasteiger partial charge in [-0.1, -0.05) is 0 Å². The minimum Gasteiger partial charge on any atom is -0.481 e. The Morgan fingerprint density at radius 2 is 2.20 bits per heavy atom. The quantitative estimate of drug-likeness (QED) is 0.548. The van der Waals surface area contributed by atoms with Gasteiger partial charge in [-0.15, -0.1) is 0 Å². The summed E-state index contributed by atoms with van der Waals surface area (Å²) in [5, 5.41) is 14.3. The van der Waals surface area contributed by atoms with Crippen molar-refractivity contribution < 1.29 is 14.7 Å². The SMILES string of the molecule is O=C(O)CCCCNC(=O)[C@@H]1CCCN1. The van der Waals surface area contributed by atoms with Crippen molar-refractivity contribution in [2.75, 3.05) is 13.1 Å². The molecule has 0 saturated carbocycles. The highest BCUT2D eigenvalue weighted by Crippen LogP contribution is 2.04. The van der Waals surface area contributed by atoms with E-state index in [0.717, 1.165) is 25.8 Å². The third-order valence-corrected chi connectivity index (χ3v) is 2.49. The summed E-state index contributed by atoms with van der Waals surface area (Å²) in [7, 11) is 0. The van der Waals surface area contributed by atoms with Crippen molar-refractivity contribution in [2.45, 2.75) is 38.1 Å². The second-order valence-electron chi connectivity index (χ2n) is 3.79. The Hall–Kier alpha value is -1.10. The van der Waals surface area contributed by atoms with E-state index >= 15 is 0 Å². The molecule has 0 unspecified atom stereocenters. The van der Waals surface area contributed by atoms with Gasteiger partial charge in [0.15, 0.2) is 0 Å². The lowest BCUT2D eigenvalue weighted by Crippen LogP contribution is -2.40. The summed E-state index contributed by atoms with van der Waals surface area (Å²) < 4.78 is 0. The predicted molar refractivity (Wildman–Crippen MR) is 55.5 cm³/mol. The van der Waals surface area contributed by atoms with Crippen LogP contribution in [0, 0.1) is 0 Å². The molecule has 1 rings (SSSR count). The molecule has 1 heterocycles. The fourth-order valence-electron chi connectivity index (χ4n) is 1.64. The Bertz CT molecular complexity index is 225. The van der Waals surface area contributed by atoms with Gasteiger partial charge in [0, 0.05) is 13.0 Å². The highest BCUT2D eigenvalue weighted by molar-refractivity contribution is 5.81. The fraction of sp³-hybridized carbons (Fsp3) is 0.800. The molecule has 1 amide bonds. The number of carbonyl (C=O) groups is 2. The van der Waals surface area contributed by atoms with Gasteiger partial charge in [-0.05, 0) is 32.2 Å². The van der Waals surface area contributed by atoms with Crippen molar-refractivity contribution in [1.82, 2.24) is 10.6 Å². The molecule has 1 aliphatic rings. The van der Waals surface area contributed by atoms with Crippen LogP contribution in [0.5, 0.6) is 0 Å². The van der Waals surface area contributed by atoms with Crippen molar-refractivity contribution in [3.05, 3.63) is 0 Å². The third-order valence-electron chi connectivity index (χ3n) is 2.49. The van der Waals surface area contributed by atoms with Crippen molar-refractivity contribution >= 4 is 11.9 Å². The summed E-state index contributed by atoms with van der Waals surface area (Å²) in [6.45, 7) is 1.49. The summed E-state index contributed by atoms with van der Waals surface area (Å²) in [5.41, 5.74) is 0. The lowest BCUT2D eigenvalue weighted by molar-refractivity contribution is -0.137. The third kappa shape index (κ3) is 4.78. The molecule has 0 radical (unpaired) electrons. The molecule has 15 heavy (non-hydrogen) atoms. The van der Waals surface area contributed by atoms with E-state index in [4.69, 9.17) is 5.11 Å². The van der Waals surface area contributed by atoms with Crippen molar-refractivity contribution in [3.63, 3.8) is 0 Å². The monoisotopic (exact) mass is 214 g/mol. The Balaban J connectivity index is 1.99. The number of carbonyl (C=O) groups excluding carboxylic acids is 1. The molecule has 1 saturated heterocycles. The van der Waals surface area contributed by atoms with Gasteiger partial charge in [-0.25, -0.2) is 0 Å². The number of rotatable bonds is 6. The molecule has 0 aromatic carbocycles. The van der Waals surface area contributed by atoms with Gasteiger partial charge in [-0.2, -0.15) is 0 Å². The van der Waals surface area contributed by atoms with Crippen molar-refractivity contribution in [3.8, 4) is 0 Å². The summed E-state index contributed by atoms with van der Waals surface area (Å²) >= 11 is 0. The van der Waals surface area contributed by atoms with Crippen LogP contribution in [0.25, 0.3) is 0 Å². The Morgan fingerprint density at radius 3 is 2.80 bits per heavy atom. The van der Waals surface area contributed by atoms with Gasteiger partial charge >= 0.3 is 5.97 Å². The molecule has 3 N–H and O–H groups in total. The second-order valence-corrected chi connectivity index (χ2v) is 3.79. The van der Waals surface area contributed by atoms with Gasteiger partial charge in [0.05, 0.1) is 6.04 Å². The summed E-state index contributed by atoms with van der Waals surface area (Å²) in [6, 6.07) is -0.0375. The molecule has 1 fully saturated rings. The molecule has 0 aromatic heterocycles. The van der Waals surface area contributed by atoms with E-state index in [0.29, 0.717) is 13.0 Å². The average molecular weight is 214 g/mol. The topological polar surface area (TPSA) is 78.4 Å². The number of hydrogen-bond acceptors (Lipinski definition) is 3. The van der Waals surface area contributed by atoms with Gasteiger partial charge in [0.25, 0.3) is 0 Å². The molecule has 0 aromatic rings. The van der Waals surface area contributed by atoms with Crippen LogP contribution >= 0.6 is 0 Å². The second kappa shape index (κ2) is 6.40. The average Bonchev–Trinajstić information content (AvgIpc) is 2.69. The number of carboxylic acid groups (broad SMARTS) is 1. The zero-order chi connectivity index (χ0) is 11.1. The number of nitrogens with one attached hydrogen (secondary N) is 2.